The predicted molar refractivity (Wildman–Crippen MR) is 84.2 cm³/mol. The molecule has 0 saturated heterocycles. The summed E-state index contributed by atoms with van der Waals surface area (Å²) in [6, 6.07) is 7.55. The summed E-state index contributed by atoms with van der Waals surface area (Å²) in [4.78, 5) is 26.2. The molecular weight excluding hydrogens is 294 g/mol. The normalized spacial score (nSPS) is 13.6. The maximum Gasteiger partial charge on any atom is 0.358 e. The number of ether oxygens (including phenoxy) is 1. The van der Waals surface area contributed by atoms with Crippen LogP contribution >= 0.6 is 0 Å². The lowest BCUT2D eigenvalue weighted by molar-refractivity contribution is 0.0591. The Kier molecular flexibility index (Phi) is 3.90. The van der Waals surface area contributed by atoms with Crippen LogP contribution in [0, 0.1) is 6.92 Å². The minimum Gasteiger partial charge on any atom is -0.464 e. The first-order chi connectivity index (χ1) is 11.0. The zero-order valence-corrected chi connectivity index (χ0v) is 13.5. The lowest BCUT2D eigenvalue weighted by atomic mass is 10.0. The first-order valence-electron chi connectivity index (χ1n) is 7.50. The molecule has 0 fully saturated rings. The molecule has 0 N–H and O–H groups in total. The van der Waals surface area contributed by atoms with Gasteiger partial charge in [-0.15, -0.1) is 0 Å². The molecule has 0 saturated carbocycles. The lowest BCUT2D eigenvalue weighted by Crippen LogP contribution is -2.36. The molecular formula is C17H19N3O3. The largest absolute Gasteiger partial charge is 0.464 e. The second kappa shape index (κ2) is 5.87. The molecule has 1 aromatic heterocycles. The molecule has 0 radical (unpaired) electrons. The fourth-order valence-electron chi connectivity index (χ4n) is 2.88. The van der Waals surface area contributed by atoms with Gasteiger partial charge in [0.1, 0.15) is 0 Å². The molecule has 2 heterocycles. The average molecular weight is 313 g/mol. The van der Waals surface area contributed by atoms with E-state index in [1.165, 1.54) is 7.11 Å². The van der Waals surface area contributed by atoms with Crippen LogP contribution in [0.25, 0.3) is 0 Å². The molecule has 120 valence electrons. The highest BCUT2D eigenvalue weighted by atomic mass is 16.5. The maximum atomic E-state index is 12.6. The highest BCUT2D eigenvalue weighted by Crippen LogP contribution is 2.23. The summed E-state index contributed by atoms with van der Waals surface area (Å²) in [5, 5.41) is 4.25. The van der Waals surface area contributed by atoms with Gasteiger partial charge in [0.2, 0.25) is 0 Å². The molecule has 6 heteroatoms. The number of esters is 1. The smallest absolute Gasteiger partial charge is 0.358 e. The summed E-state index contributed by atoms with van der Waals surface area (Å²) in [7, 11) is 3.13. The molecule has 1 aromatic carbocycles. The van der Waals surface area contributed by atoms with Gasteiger partial charge in [-0.25, -0.2) is 4.79 Å². The lowest BCUT2D eigenvalue weighted by Gasteiger charge is -2.27. The Labute approximate surface area is 134 Å². The van der Waals surface area contributed by atoms with Crippen LogP contribution in [-0.2, 0) is 24.8 Å². The third-order valence-corrected chi connectivity index (χ3v) is 4.21. The second-order valence-electron chi connectivity index (χ2n) is 5.73. The third kappa shape index (κ3) is 2.72. The quantitative estimate of drug-likeness (QED) is 0.792. The Balaban J connectivity index is 1.86. The Bertz CT molecular complexity index is 762. The maximum absolute atomic E-state index is 12.6. The number of aromatic nitrogens is 2. The number of amides is 1. The zero-order valence-electron chi connectivity index (χ0n) is 13.5. The van der Waals surface area contributed by atoms with Crippen molar-refractivity contribution in [2.45, 2.75) is 19.9 Å². The van der Waals surface area contributed by atoms with E-state index < -0.39 is 5.97 Å². The van der Waals surface area contributed by atoms with E-state index in [0.717, 1.165) is 16.8 Å². The van der Waals surface area contributed by atoms with Gasteiger partial charge in [-0.3, -0.25) is 9.48 Å². The molecule has 3 rings (SSSR count). The molecule has 1 aliphatic rings. The average Bonchev–Trinajstić information content (AvgIpc) is 2.90. The van der Waals surface area contributed by atoms with E-state index in [-0.39, 0.29) is 5.91 Å². The monoisotopic (exact) mass is 313 g/mol. The molecule has 2 aromatic rings. The van der Waals surface area contributed by atoms with Crippen molar-refractivity contribution in [1.82, 2.24) is 14.7 Å². The van der Waals surface area contributed by atoms with Crippen LogP contribution in [0.3, 0.4) is 0 Å². The van der Waals surface area contributed by atoms with Crippen LogP contribution in [0.5, 0.6) is 0 Å². The van der Waals surface area contributed by atoms with Crippen molar-refractivity contribution in [2.24, 2.45) is 7.05 Å². The van der Waals surface area contributed by atoms with Crippen LogP contribution in [0.15, 0.2) is 24.3 Å². The standard InChI is InChI=1S/C17H19N3O3/c1-11-4-6-12(7-5-11)16(21)20-9-8-13-14(10-20)19(2)18-15(13)17(22)23-3/h4-7H,8-10H2,1-3H3. The summed E-state index contributed by atoms with van der Waals surface area (Å²) in [6.45, 7) is 3.00. The van der Waals surface area contributed by atoms with E-state index in [1.54, 1.807) is 16.6 Å². The van der Waals surface area contributed by atoms with Crippen molar-refractivity contribution >= 4 is 11.9 Å². The highest BCUT2D eigenvalue weighted by molar-refractivity contribution is 5.94. The van der Waals surface area contributed by atoms with Gasteiger partial charge in [-0.1, -0.05) is 17.7 Å². The molecule has 1 amide bonds. The second-order valence-corrected chi connectivity index (χ2v) is 5.73. The molecule has 0 bridgehead atoms. The number of benzene rings is 1. The van der Waals surface area contributed by atoms with E-state index in [9.17, 15) is 9.59 Å². The molecule has 0 spiro atoms. The number of aryl methyl sites for hydroxylation is 2. The van der Waals surface area contributed by atoms with Crippen LogP contribution in [-0.4, -0.2) is 40.2 Å². The van der Waals surface area contributed by atoms with Crippen LogP contribution in [0.4, 0.5) is 0 Å². The number of methoxy groups -OCH3 is 1. The predicted octanol–water partition coefficient (Wildman–Crippen LogP) is 1.71. The van der Waals surface area contributed by atoms with Crippen molar-refractivity contribution in [1.29, 1.82) is 0 Å². The van der Waals surface area contributed by atoms with E-state index in [0.29, 0.717) is 30.8 Å². The zero-order chi connectivity index (χ0) is 16.6. The molecule has 23 heavy (non-hydrogen) atoms. The Morgan fingerprint density at radius 3 is 2.57 bits per heavy atom. The first-order valence-corrected chi connectivity index (χ1v) is 7.50. The molecule has 1 aliphatic heterocycles. The molecule has 0 unspecified atom stereocenters. The minimum atomic E-state index is -0.430. The van der Waals surface area contributed by atoms with Crippen molar-refractivity contribution in [3.05, 3.63) is 52.3 Å². The van der Waals surface area contributed by atoms with E-state index in [2.05, 4.69) is 5.10 Å². The fraction of sp³-hybridized carbons (Fsp3) is 0.353. The highest BCUT2D eigenvalue weighted by Gasteiger charge is 2.29. The Morgan fingerprint density at radius 1 is 1.22 bits per heavy atom. The van der Waals surface area contributed by atoms with Gasteiger partial charge in [-0.05, 0) is 25.5 Å². The summed E-state index contributed by atoms with van der Waals surface area (Å²) in [5.41, 5.74) is 3.92. The molecule has 0 aliphatic carbocycles. The first kappa shape index (κ1) is 15.3. The number of fused-ring (bicyclic) bond motifs is 1. The van der Waals surface area contributed by atoms with Crippen LogP contribution < -0.4 is 0 Å². The SMILES string of the molecule is COC(=O)c1nn(C)c2c1CCN(C(=O)c1ccc(C)cc1)C2. The summed E-state index contributed by atoms with van der Waals surface area (Å²) in [6.07, 6.45) is 0.602. The van der Waals surface area contributed by atoms with Crippen LogP contribution in [0.2, 0.25) is 0 Å². The van der Waals surface area contributed by atoms with Gasteiger partial charge in [0, 0.05) is 24.7 Å². The minimum absolute atomic E-state index is 0.00327. The number of hydrogen-bond donors (Lipinski definition) is 0. The summed E-state index contributed by atoms with van der Waals surface area (Å²) >= 11 is 0. The van der Waals surface area contributed by atoms with Gasteiger partial charge in [0.05, 0.1) is 19.3 Å². The Hall–Kier alpha value is -2.63. The topological polar surface area (TPSA) is 64.4 Å². The summed E-state index contributed by atoms with van der Waals surface area (Å²) < 4.78 is 6.44. The van der Waals surface area contributed by atoms with Gasteiger partial charge in [-0.2, -0.15) is 5.10 Å². The number of carbonyl (C=O) groups is 2. The number of hydrogen-bond acceptors (Lipinski definition) is 4. The van der Waals surface area contributed by atoms with Crippen molar-refractivity contribution < 1.29 is 14.3 Å². The van der Waals surface area contributed by atoms with Crippen molar-refractivity contribution in [3.63, 3.8) is 0 Å². The van der Waals surface area contributed by atoms with Gasteiger partial charge < -0.3 is 9.64 Å². The van der Waals surface area contributed by atoms with Crippen molar-refractivity contribution in [2.75, 3.05) is 13.7 Å². The van der Waals surface area contributed by atoms with Crippen LogP contribution in [0.1, 0.15) is 37.7 Å². The van der Waals surface area contributed by atoms with Gasteiger partial charge in [0.25, 0.3) is 5.91 Å². The summed E-state index contributed by atoms with van der Waals surface area (Å²) in [5.74, 6) is -0.434. The Morgan fingerprint density at radius 2 is 1.91 bits per heavy atom. The van der Waals surface area contributed by atoms with E-state index in [4.69, 9.17) is 4.74 Å². The molecule has 0 atom stereocenters. The van der Waals surface area contributed by atoms with Gasteiger partial charge in [0.15, 0.2) is 5.69 Å². The number of nitrogens with zero attached hydrogens (tertiary/aromatic N) is 3. The molecule has 6 nitrogen and oxygen atoms in total. The van der Waals surface area contributed by atoms with Gasteiger partial charge >= 0.3 is 5.97 Å². The van der Waals surface area contributed by atoms with E-state index in [1.807, 2.05) is 31.2 Å². The fourth-order valence-corrected chi connectivity index (χ4v) is 2.88. The van der Waals surface area contributed by atoms with E-state index >= 15 is 0 Å². The van der Waals surface area contributed by atoms with Crippen molar-refractivity contribution in [3.8, 4) is 0 Å². The third-order valence-electron chi connectivity index (χ3n) is 4.21. The number of carbonyl (C=O) groups excluding carboxylic acids is 2. The number of rotatable bonds is 2.